The van der Waals surface area contributed by atoms with Crippen LogP contribution >= 0.6 is 11.6 Å². The number of hydrogen-bond acceptors (Lipinski definition) is 4. The average molecular weight is 342 g/mol. The fourth-order valence-corrected chi connectivity index (χ4v) is 2.49. The lowest BCUT2D eigenvalue weighted by molar-refractivity contribution is 0.0949. The summed E-state index contributed by atoms with van der Waals surface area (Å²) in [5.41, 5.74) is 3.34. The Kier molecular flexibility index (Phi) is 4.62. The highest BCUT2D eigenvalue weighted by Gasteiger charge is 2.12. The van der Waals surface area contributed by atoms with E-state index in [9.17, 15) is 4.79 Å². The van der Waals surface area contributed by atoms with Crippen molar-refractivity contribution in [2.45, 2.75) is 20.4 Å². The molecule has 0 aliphatic heterocycles. The Morgan fingerprint density at radius 3 is 2.83 bits per heavy atom. The normalized spacial score (nSPS) is 10.6. The molecule has 0 saturated carbocycles. The van der Waals surface area contributed by atoms with E-state index in [1.54, 1.807) is 12.1 Å². The molecule has 1 heterocycles. The van der Waals surface area contributed by atoms with Crippen LogP contribution in [0.5, 0.6) is 0 Å². The second kappa shape index (κ2) is 6.84. The van der Waals surface area contributed by atoms with Gasteiger partial charge in [0.05, 0.1) is 6.54 Å². The van der Waals surface area contributed by atoms with Crippen molar-refractivity contribution in [1.29, 1.82) is 0 Å². The SMILES string of the molecule is Cc1ccc(C)c(C(=O)NCc2noc(-c3cccc(Cl)c3)n2)c1. The maximum Gasteiger partial charge on any atom is 0.258 e. The number of hydrogen-bond donors (Lipinski definition) is 1. The summed E-state index contributed by atoms with van der Waals surface area (Å²) >= 11 is 5.95. The van der Waals surface area contributed by atoms with Gasteiger partial charge in [-0.15, -0.1) is 0 Å². The second-order valence-electron chi connectivity index (χ2n) is 5.53. The van der Waals surface area contributed by atoms with Gasteiger partial charge in [-0.3, -0.25) is 4.79 Å². The maximum absolute atomic E-state index is 12.3. The molecule has 2 aromatic carbocycles. The predicted molar refractivity (Wildman–Crippen MR) is 91.8 cm³/mol. The summed E-state index contributed by atoms with van der Waals surface area (Å²) in [6.45, 7) is 4.04. The minimum absolute atomic E-state index is 0.162. The second-order valence-corrected chi connectivity index (χ2v) is 5.96. The molecule has 1 N–H and O–H groups in total. The molecule has 1 aromatic heterocycles. The number of aryl methyl sites for hydroxylation is 2. The van der Waals surface area contributed by atoms with Crippen molar-refractivity contribution < 1.29 is 9.32 Å². The number of rotatable bonds is 4. The molecule has 0 aliphatic rings. The van der Waals surface area contributed by atoms with E-state index in [4.69, 9.17) is 16.1 Å². The van der Waals surface area contributed by atoms with Crippen LogP contribution in [0.1, 0.15) is 27.3 Å². The maximum atomic E-state index is 12.3. The molecule has 1 amide bonds. The third kappa shape index (κ3) is 3.63. The smallest absolute Gasteiger partial charge is 0.258 e. The van der Waals surface area contributed by atoms with Gasteiger partial charge in [0, 0.05) is 16.1 Å². The third-order valence-corrected chi connectivity index (χ3v) is 3.82. The minimum atomic E-state index is -0.162. The Labute approximate surface area is 144 Å². The molecule has 5 nitrogen and oxygen atoms in total. The zero-order valence-corrected chi connectivity index (χ0v) is 14.1. The largest absolute Gasteiger partial charge is 0.345 e. The monoisotopic (exact) mass is 341 g/mol. The Bertz CT molecular complexity index is 889. The van der Waals surface area contributed by atoms with Crippen molar-refractivity contribution in [2.75, 3.05) is 0 Å². The van der Waals surface area contributed by atoms with E-state index in [0.717, 1.165) is 16.7 Å². The van der Waals surface area contributed by atoms with E-state index in [2.05, 4.69) is 15.5 Å². The molecule has 0 unspecified atom stereocenters. The molecule has 0 bridgehead atoms. The lowest BCUT2D eigenvalue weighted by Crippen LogP contribution is -2.24. The van der Waals surface area contributed by atoms with Gasteiger partial charge in [0.15, 0.2) is 5.82 Å². The molecule has 24 heavy (non-hydrogen) atoms. The molecule has 6 heteroatoms. The van der Waals surface area contributed by atoms with Gasteiger partial charge in [0.25, 0.3) is 11.8 Å². The molecule has 0 saturated heterocycles. The molecule has 0 atom stereocenters. The van der Waals surface area contributed by atoms with Crippen LogP contribution in [0.4, 0.5) is 0 Å². The molecular weight excluding hydrogens is 326 g/mol. The molecular formula is C18H16ClN3O2. The fraction of sp³-hybridized carbons (Fsp3) is 0.167. The summed E-state index contributed by atoms with van der Waals surface area (Å²) in [4.78, 5) is 16.6. The summed E-state index contributed by atoms with van der Waals surface area (Å²) in [5, 5.41) is 7.29. The molecule has 0 aliphatic carbocycles. The van der Waals surface area contributed by atoms with Crippen LogP contribution in [0, 0.1) is 13.8 Å². The first-order chi connectivity index (χ1) is 11.5. The Morgan fingerprint density at radius 2 is 2.04 bits per heavy atom. The summed E-state index contributed by atoms with van der Waals surface area (Å²) < 4.78 is 5.22. The van der Waals surface area contributed by atoms with Gasteiger partial charge in [-0.05, 0) is 43.7 Å². The van der Waals surface area contributed by atoms with E-state index in [0.29, 0.717) is 22.3 Å². The van der Waals surface area contributed by atoms with Crippen molar-refractivity contribution >= 4 is 17.5 Å². The van der Waals surface area contributed by atoms with Crippen LogP contribution in [-0.4, -0.2) is 16.0 Å². The summed E-state index contributed by atoms with van der Waals surface area (Å²) in [5.74, 6) is 0.613. The predicted octanol–water partition coefficient (Wildman–Crippen LogP) is 3.94. The topological polar surface area (TPSA) is 68.0 Å². The van der Waals surface area contributed by atoms with Gasteiger partial charge < -0.3 is 9.84 Å². The van der Waals surface area contributed by atoms with Gasteiger partial charge in [-0.1, -0.05) is 40.5 Å². The Hall–Kier alpha value is -2.66. The number of amides is 1. The van der Waals surface area contributed by atoms with Crippen molar-refractivity contribution in [3.8, 4) is 11.5 Å². The van der Waals surface area contributed by atoms with Gasteiger partial charge in [-0.2, -0.15) is 4.98 Å². The minimum Gasteiger partial charge on any atom is -0.345 e. The lowest BCUT2D eigenvalue weighted by Gasteiger charge is -2.06. The van der Waals surface area contributed by atoms with Crippen LogP contribution in [-0.2, 0) is 6.54 Å². The number of carbonyl (C=O) groups excluding carboxylic acids is 1. The van der Waals surface area contributed by atoms with Gasteiger partial charge >= 0.3 is 0 Å². The summed E-state index contributed by atoms with van der Waals surface area (Å²) in [6, 6.07) is 12.9. The zero-order chi connectivity index (χ0) is 17.1. The van der Waals surface area contributed by atoms with E-state index < -0.39 is 0 Å². The highest BCUT2D eigenvalue weighted by molar-refractivity contribution is 6.30. The molecule has 0 fully saturated rings. The van der Waals surface area contributed by atoms with E-state index in [1.807, 2.05) is 44.2 Å². The Morgan fingerprint density at radius 1 is 1.21 bits per heavy atom. The van der Waals surface area contributed by atoms with Crippen LogP contribution in [0.25, 0.3) is 11.5 Å². The number of nitrogens with zero attached hydrogens (tertiary/aromatic N) is 2. The van der Waals surface area contributed by atoms with Crippen molar-refractivity contribution in [3.63, 3.8) is 0 Å². The van der Waals surface area contributed by atoms with Crippen molar-refractivity contribution in [1.82, 2.24) is 15.5 Å². The molecule has 0 spiro atoms. The number of benzene rings is 2. The highest BCUT2D eigenvalue weighted by atomic mass is 35.5. The van der Waals surface area contributed by atoms with Crippen molar-refractivity contribution in [3.05, 3.63) is 70.0 Å². The molecule has 3 rings (SSSR count). The number of carbonyl (C=O) groups is 1. The Balaban J connectivity index is 1.69. The van der Waals surface area contributed by atoms with E-state index in [1.165, 1.54) is 0 Å². The quantitative estimate of drug-likeness (QED) is 0.780. The first-order valence-corrected chi connectivity index (χ1v) is 7.85. The molecule has 0 radical (unpaired) electrons. The van der Waals surface area contributed by atoms with Crippen molar-refractivity contribution in [2.24, 2.45) is 0 Å². The van der Waals surface area contributed by atoms with E-state index >= 15 is 0 Å². The van der Waals surface area contributed by atoms with Gasteiger partial charge in [0.2, 0.25) is 0 Å². The van der Waals surface area contributed by atoms with Crippen LogP contribution in [0.3, 0.4) is 0 Å². The number of halogens is 1. The summed E-state index contributed by atoms with van der Waals surface area (Å²) in [6.07, 6.45) is 0. The van der Waals surface area contributed by atoms with E-state index in [-0.39, 0.29) is 12.5 Å². The molecule has 122 valence electrons. The number of nitrogens with one attached hydrogen (secondary N) is 1. The summed E-state index contributed by atoms with van der Waals surface area (Å²) in [7, 11) is 0. The lowest BCUT2D eigenvalue weighted by atomic mass is 10.1. The standard InChI is InChI=1S/C18H16ClN3O2/c1-11-6-7-12(2)15(8-11)17(23)20-10-16-21-18(24-22-16)13-4-3-5-14(19)9-13/h3-9H,10H2,1-2H3,(H,20,23). The first-order valence-electron chi connectivity index (χ1n) is 7.47. The van der Waals surface area contributed by atoms with Crippen LogP contribution in [0.15, 0.2) is 47.0 Å². The number of aromatic nitrogens is 2. The first kappa shape index (κ1) is 16.2. The van der Waals surface area contributed by atoms with Crippen LogP contribution in [0.2, 0.25) is 5.02 Å². The average Bonchev–Trinajstić information content (AvgIpc) is 3.04. The van der Waals surface area contributed by atoms with Crippen LogP contribution < -0.4 is 5.32 Å². The van der Waals surface area contributed by atoms with Gasteiger partial charge in [-0.25, -0.2) is 0 Å². The highest BCUT2D eigenvalue weighted by Crippen LogP contribution is 2.20. The zero-order valence-electron chi connectivity index (χ0n) is 13.3. The fourth-order valence-electron chi connectivity index (χ4n) is 2.30. The molecule has 3 aromatic rings. The van der Waals surface area contributed by atoms with Gasteiger partial charge in [0.1, 0.15) is 0 Å². The third-order valence-electron chi connectivity index (χ3n) is 3.58.